The van der Waals surface area contributed by atoms with E-state index in [4.69, 9.17) is 22.4 Å². The van der Waals surface area contributed by atoms with E-state index in [1.807, 2.05) is 0 Å². The number of carboxylic acid groups (broad SMARTS) is 1. The molecule has 0 fully saturated rings. The van der Waals surface area contributed by atoms with Crippen LogP contribution in [0.15, 0.2) is 16.6 Å². The molecule has 0 radical (unpaired) electrons. The largest absolute Gasteiger partial charge is 0.481 e. The molecular formula is C10H10BrClFNO2. The van der Waals surface area contributed by atoms with Crippen LogP contribution in [0.1, 0.15) is 24.4 Å². The lowest BCUT2D eigenvalue weighted by molar-refractivity contribution is -0.137. The lowest BCUT2D eigenvalue weighted by Gasteiger charge is -2.13. The Hall–Kier alpha value is -0.650. The molecule has 1 rings (SSSR count). The number of hydrogen-bond donors (Lipinski definition) is 2. The second-order valence-electron chi connectivity index (χ2n) is 3.30. The lowest BCUT2D eigenvalue weighted by Crippen LogP contribution is -2.13. The van der Waals surface area contributed by atoms with E-state index in [1.165, 1.54) is 6.07 Å². The van der Waals surface area contributed by atoms with Crippen LogP contribution in [0.25, 0.3) is 0 Å². The molecule has 0 amide bonds. The number of nitrogens with two attached hydrogens (primary N) is 1. The van der Waals surface area contributed by atoms with Gasteiger partial charge in [-0.1, -0.05) is 17.7 Å². The summed E-state index contributed by atoms with van der Waals surface area (Å²) in [5.41, 5.74) is 6.28. The highest BCUT2D eigenvalue weighted by atomic mass is 79.9. The number of carbonyl (C=O) groups is 1. The fourth-order valence-corrected chi connectivity index (χ4v) is 2.17. The maximum atomic E-state index is 13.4. The zero-order chi connectivity index (χ0) is 12.3. The Morgan fingerprint density at radius 3 is 2.81 bits per heavy atom. The summed E-state index contributed by atoms with van der Waals surface area (Å²) < 4.78 is 13.6. The van der Waals surface area contributed by atoms with Crippen molar-refractivity contribution in [1.29, 1.82) is 0 Å². The first-order chi connectivity index (χ1) is 7.43. The Labute approximate surface area is 106 Å². The quantitative estimate of drug-likeness (QED) is 0.840. The van der Waals surface area contributed by atoms with Gasteiger partial charge in [0.15, 0.2) is 5.82 Å². The fraction of sp³-hybridized carbons (Fsp3) is 0.300. The molecule has 1 atom stereocenters. The van der Waals surface area contributed by atoms with E-state index < -0.39 is 17.8 Å². The average Bonchev–Trinajstić information content (AvgIpc) is 2.23. The molecule has 1 aromatic carbocycles. The van der Waals surface area contributed by atoms with Crippen molar-refractivity contribution in [3.05, 3.63) is 33.0 Å². The van der Waals surface area contributed by atoms with Crippen molar-refractivity contribution in [3.63, 3.8) is 0 Å². The number of rotatable bonds is 4. The summed E-state index contributed by atoms with van der Waals surface area (Å²) >= 11 is 8.63. The summed E-state index contributed by atoms with van der Waals surface area (Å²) in [5, 5.41) is 8.52. The molecule has 0 aliphatic rings. The average molecular weight is 311 g/mol. The molecule has 0 spiro atoms. The molecule has 16 heavy (non-hydrogen) atoms. The van der Waals surface area contributed by atoms with Crippen molar-refractivity contribution in [2.45, 2.75) is 18.9 Å². The SMILES string of the molecule is NC(CCC(=O)O)c1ccc(Cl)c(F)c1Br. The van der Waals surface area contributed by atoms with Gasteiger partial charge < -0.3 is 10.8 Å². The number of hydrogen-bond acceptors (Lipinski definition) is 2. The number of halogens is 3. The smallest absolute Gasteiger partial charge is 0.303 e. The fourth-order valence-electron chi connectivity index (χ4n) is 1.26. The monoisotopic (exact) mass is 309 g/mol. The first kappa shape index (κ1) is 13.4. The van der Waals surface area contributed by atoms with Gasteiger partial charge in [0.2, 0.25) is 0 Å². The molecule has 6 heteroatoms. The third-order valence-electron chi connectivity index (χ3n) is 2.13. The molecule has 0 aliphatic heterocycles. The van der Waals surface area contributed by atoms with Gasteiger partial charge in [-0.2, -0.15) is 0 Å². The molecule has 0 saturated heterocycles. The Kier molecular flexibility index (Phi) is 4.70. The summed E-state index contributed by atoms with van der Waals surface area (Å²) in [7, 11) is 0. The zero-order valence-electron chi connectivity index (χ0n) is 8.21. The second kappa shape index (κ2) is 5.61. The summed E-state index contributed by atoms with van der Waals surface area (Å²) in [5.74, 6) is -1.51. The van der Waals surface area contributed by atoms with Gasteiger partial charge in [-0.05, 0) is 34.0 Å². The van der Waals surface area contributed by atoms with Crippen LogP contribution >= 0.6 is 27.5 Å². The van der Waals surface area contributed by atoms with Gasteiger partial charge in [0.25, 0.3) is 0 Å². The van der Waals surface area contributed by atoms with E-state index in [0.717, 1.165) is 0 Å². The predicted molar refractivity (Wildman–Crippen MR) is 62.9 cm³/mol. The summed E-state index contributed by atoms with van der Waals surface area (Å²) in [6, 6.07) is 2.46. The minimum Gasteiger partial charge on any atom is -0.481 e. The number of aliphatic carboxylic acids is 1. The molecule has 88 valence electrons. The summed E-state index contributed by atoms with van der Waals surface area (Å²) in [6.45, 7) is 0. The van der Waals surface area contributed by atoms with Crippen molar-refractivity contribution < 1.29 is 14.3 Å². The normalized spacial score (nSPS) is 12.5. The van der Waals surface area contributed by atoms with Gasteiger partial charge in [0.05, 0.1) is 9.50 Å². The molecule has 1 aromatic rings. The van der Waals surface area contributed by atoms with Crippen LogP contribution in [-0.2, 0) is 4.79 Å². The molecule has 0 saturated carbocycles. The van der Waals surface area contributed by atoms with E-state index in [-0.39, 0.29) is 22.3 Å². The molecule has 3 nitrogen and oxygen atoms in total. The minimum absolute atomic E-state index is 0.000981. The lowest BCUT2D eigenvalue weighted by atomic mass is 10.0. The van der Waals surface area contributed by atoms with E-state index in [2.05, 4.69) is 15.9 Å². The zero-order valence-corrected chi connectivity index (χ0v) is 10.6. The highest BCUT2D eigenvalue weighted by molar-refractivity contribution is 9.10. The molecule has 3 N–H and O–H groups in total. The first-order valence-corrected chi connectivity index (χ1v) is 5.71. The summed E-state index contributed by atoms with van der Waals surface area (Å²) in [4.78, 5) is 10.4. The topological polar surface area (TPSA) is 63.3 Å². The van der Waals surface area contributed by atoms with E-state index >= 15 is 0 Å². The van der Waals surface area contributed by atoms with Crippen LogP contribution in [0.5, 0.6) is 0 Å². The van der Waals surface area contributed by atoms with Gasteiger partial charge in [0.1, 0.15) is 0 Å². The highest BCUT2D eigenvalue weighted by Gasteiger charge is 2.16. The van der Waals surface area contributed by atoms with Crippen molar-refractivity contribution >= 4 is 33.5 Å². The molecule has 0 aliphatic carbocycles. The van der Waals surface area contributed by atoms with Crippen LogP contribution in [0, 0.1) is 5.82 Å². The first-order valence-electron chi connectivity index (χ1n) is 4.54. The van der Waals surface area contributed by atoms with Crippen molar-refractivity contribution in [3.8, 4) is 0 Å². The van der Waals surface area contributed by atoms with Gasteiger partial charge in [-0.25, -0.2) is 4.39 Å². The van der Waals surface area contributed by atoms with Crippen LogP contribution in [-0.4, -0.2) is 11.1 Å². The van der Waals surface area contributed by atoms with Crippen LogP contribution in [0.2, 0.25) is 5.02 Å². The standard InChI is InChI=1S/C10H10BrClFNO2/c11-9-5(1-2-6(12)10(9)13)7(14)3-4-8(15)16/h1-2,7H,3-4,14H2,(H,15,16). The third-order valence-corrected chi connectivity index (χ3v) is 3.23. The maximum Gasteiger partial charge on any atom is 0.303 e. The Morgan fingerprint density at radius 1 is 1.62 bits per heavy atom. The predicted octanol–water partition coefficient (Wildman–Crippen LogP) is 3.11. The summed E-state index contributed by atoms with van der Waals surface area (Å²) in [6.07, 6.45) is 0.187. The van der Waals surface area contributed by atoms with Crippen molar-refractivity contribution in [1.82, 2.24) is 0 Å². The number of carboxylic acids is 1. The van der Waals surface area contributed by atoms with Gasteiger partial charge in [-0.15, -0.1) is 0 Å². The van der Waals surface area contributed by atoms with E-state index in [9.17, 15) is 9.18 Å². The molecule has 0 aromatic heterocycles. The minimum atomic E-state index is -0.930. The van der Waals surface area contributed by atoms with E-state index in [1.54, 1.807) is 6.07 Å². The molecule has 1 unspecified atom stereocenters. The van der Waals surface area contributed by atoms with Gasteiger partial charge in [0, 0.05) is 12.5 Å². The van der Waals surface area contributed by atoms with Crippen molar-refractivity contribution in [2.24, 2.45) is 5.73 Å². The third kappa shape index (κ3) is 3.17. The van der Waals surface area contributed by atoms with Crippen LogP contribution in [0.4, 0.5) is 4.39 Å². The molecular weight excluding hydrogens is 300 g/mol. The second-order valence-corrected chi connectivity index (χ2v) is 4.50. The Bertz CT molecular complexity index is 414. The highest BCUT2D eigenvalue weighted by Crippen LogP contribution is 2.31. The van der Waals surface area contributed by atoms with Crippen molar-refractivity contribution in [2.75, 3.05) is 0 Å². The Morgan fingerprint density at radius 2 is 2.25 bits per heavy atom. The Balaban J connectivity index is 2.87. The van der Waals surface area contributed by atoms with E-state index in [0.29, 0.717) is 5.56 Å². The van der Waals surface area contributed by atoms with Gasteiger partial charge in [-0.3, -0.25) is 4.79 Å². The molecule has 0 bridgehead atoms. The molecule has 0 heterocycles. The van der Waals surface area contributed by atoms with Crippen LogP contribution < -0.4 is 5.73 Å². The maximum absolute atomic E-state index is 13.4. The van der Waals surface area contributed by atoms with Crippen LogP contribution in [0.3, 0.4) is 0 Å². The number of benzene rings is 1. The van der Waals surface area contributed by atoms with Gasteiger partial charge >= 0.3 is 5.97 Å².